The number of fused-ring (bicyclic) bond motifs is 1. The minimum Gasteiger partial charge on any atom is -0.378 e. The lowest BCUT2D eigenvalue weighted by molar-refractivity contribution is -0.133. The summed E-state index contributed by atoms with van der Waals surface area (Å²) in [6.07, 6.45) is 0.621. The maximum absolute atomic E-state index is 13.0. The predicted octanol–water partition coefficient (Wildman–Crippen LogP) is 4.65. The Morgan fingerprint density at radius 3 is 2.40 bits per heavy atom. The molecular weight excluding hydrogens is 483 g/mol. The molecule has 0 bridgehead atoms. The van der Waals surface area contributed by atoms with Crippen molar-refractivity contribution in [2.45, 2.75) is 32.0 Å². The van der Waals surface area contributed by atoms with Crippen molar-refractivity contribution < 1.29 is 9.59 Å². The standard InChI is InChI=1S/C27H28Cl2N4O2/c1-32(2)23-9-3-17(4-10-23)11-26(34)31-22-8-6-19-15-33(16-20(19)12-22)27(35)25(30)13-18-5-7-21(28)14-24(18)29/h3-10,12,14,25H,11,13,15-16,30H2,1-2H3,(H,31,34)/t25-/m1/s1. The number of hydrogen-bond donors (Lipinski definition) is 2. The molecule has 1 aliphatic rings. The maximum atomic E-state index is 13.0. The molecule has 2 amide bonds. The van der Waals surface area contributed by atoms with E-state index in [1.165, 1.54) is 0 Å². The normalized spacial score (nSPS) is 13.3. The van der Waals surface area contributed by atoms with Crippen LogP contribution in [-0.4, -0.2) is 36.9 Å². The van der Waals surface area contributed by atoms with E-state index in [-0.39, 0.29) is 18.2 Å². The third-order valence-corrected chi connectivity index (χ3v) is 6.70. The van der Waals surface area contributed by atoms with Crippen molar-refractivity contribution in [3.63, 3.8) is 0 Å². The van der Waals surface area contributed by atoms with Crippen LogP contribution in [0.1, 0.15) is 22.3 Å². The van der Waals surface area contributed by atoms with Crippen LogP contribution in [0, 0.1) is 0 Å². The summed E-state index contributed by atoms with van der Waals surface area (Å²) in [5, 5.41) is 4.00. The smallest absolute Gasteiger partial charge is 0.240 e. The van der Waals surface area contributed by atoms with E-state index in [0.29, 0.717) is 35.2 Å². The minimum absolute atomic E-state index is 0.0876. The zero-order valence-electron chi connectivity index (χ0n) is 19.7. The van der Waals surface area contributed by atoms with Crippen molar-refractivity contribution in [1.29, 1.82) is 0 Å². The number of hydrogen-bond acceptors (Lipinski definition) is 4. The van der Waals surface area contributed by atoms with Crippen LogP contribution in [0.4, 0.5) is 11.4 Å². The molecule has 1 atom stereocenters. The van der Waals surface area contributed by atoms with Crippen LogP contribution >= 0.6 is 23.2 Å². The van der Waals surface area contributed by atoms with Gasteiger partial charge in [-0.05, 0) is 65.1 Å². The van der Waals surface area contributed by atoms with Gasteiger partial charge in [0.1, 0.15) is 0 Å². The molecule has 3 N–H and O–H groups in total. The van der Waals surface area contributed by atoms with E-state index >= 15 is 0 Å². The zero-order chi connectivity index (χ0) is 25.1. The number of nitrogens with zero attached hydrogens (tertiary/aromatic N) is 2. The molecule has 0 unspecified atom stereocenters. The van der Waals surface area contributed by atoms with Crippen molar-refractivity contribution >= 4 is 46.4 Å². The molecule has 35 heavy (non-hydrogen) atoms. The minimum atomic E-state index is -0.707. The van der Waals surface area contributed by atoms with Gasteiger partial charge in [0.05, 0.1) is 12.5 Å². The first-order valence-electron chi connectivity index (χ1n) is 11.4. The van der Waals surface area contributed by atoms with Gasteiger partial charge in [-0.1, -0.05) is 47.5 Å². The van der Waals surface area contributed by atoms with Gasteiger partial charge in [-0.2, -0.15) is 0 Å². The molecule has 8 heteroatoms. The summed E-state index contributed by atoms with van der Waals surface area (Å²) in [4.78, 5) is 29.3. The number of rotatable bonds is 7. The molecule has 0 saturated heterocycles. The number of amides is 2. The second-order valence-corrected chi connectivity index (χ2v) is 9.85. The van der Waals surface area contributed by atoms with Crippen LogP contribution in [0.25, 0.3) is 0 Å². The van der Waals surface area contributed by atoms with Crippen LogP contribution in [0.2, 0.25) is 10.0 Å². The van der Waals surface area contributed by atoms with Crippen molar-refractivity contribution in [2.24, 2.45) is 5.73 Å². The largest absolute Gasteiger partial charge is 0.378 e. The Hall–Kier alpha value is -3.06. The van der Waals surface area contributed by atoms with E-state index in [2.05, 4.69) is 5.32 Å². The fraction of sp³-hybridized carbons (Fsp3) is 0.259. The van der Waals surface area contributed by atoms with E-state index in [1.807, 2.05) is 61.5 Å². The number of halogens is 2. The maximum Gasteiger partial charge on any atom is 0.240 e. The Morgan fingerprint density at radius 1 is 1.00 bits per heavy atom. The lowest BCUT2D eigenvalue weighted by Crippen LogP contribution is -2.42. The van der Waals surface area contributed by atoms with Gasteiger partial charge in [-0.3, -0.25) is 9.59 Å². The third-order valence-electron chi connectivity index (χ3n) is 6.11. The molecule has 1 aliphatic heterocycles. The van der Waals surface area contributed by atoms with Crippen LogP contribution in [0.5, 0.6) is 0 Å². The number of anilines is 2. The summed E-state index contributed by atoms with van der Waals surface area (Å²) in [6, 6.07) is 18.1. The first-order valence-corrected chi connectivity index (χ1v) is 12.1. The average Bonchev–Trinajstić information content (AvgIpc) is 3.24. The number of carbonyl (C=O) groups excluding carboxylic acids is 2. The Balaban J connectivity index is 1.34. The fourth-order valence-electron chi connectivity index (χ4n) is 4.18. The molecule has 0 spiro atoms. The van der Waals surface area contributed by atoms with Gasteiger partial charge in [0.15, 0.2) is 0 Å². The summed E-state index contributed by atoms with van der Waals surface area (Å²) < 4.78 is 0. The van der Waals surface area contributed by atoms with Gasteiger partial charge in [0, 0.05) is 48.6 Å². The number of benzene rings is 3. The van der Waals surface area contributed by atoms with Gasteiger partial charge in [0.25, 0.3) is 0 Å². The summed E-state index contributed by atoms with van der Waals surface area (Å²) in [5.74, 6) is -0.227. The number of carbonyl (C=O) groups is 2. The molecule has 0 aromatic heterocycles. The van der Waals surface area contributed by atoms with Crippen LogP contribution < -0.4 is 16.0 Å². The van der Waals surface area contributed by atoms with Crippen molar-refractivity contribution in [2.75, 3.05) is 24.3 Å². The predicted molar refractivity (Wildman–Crippen MR) is 142 cm³/mol. The SMILES string of the molecule is CN(C)c1ccc(CC(=O)Nc2ccc3c(c2)CN(C(=O)[C@H](N)Cc2ccc(Cl)cc2Cl)C3)cc1. The quantitative estimate of drug-likeness (QED) is 0.484. The highest BCUT2D eigenvalue weighted by Gasteiger charge is 2.28. The lowest BCUT2D eigenvalue weighted by atomic mass is 10.1. The first kappa shape index (κ1) is 25.0. The molecule has 6 nitrogen and oxygen atoms in total. The van der Waals surface area contributed by atoms with Gasteiger partial charge in [-0.15, -0.1) is 0 Å². The monoisotopic (exact) mass is 510 g/mol. The van der Waals surface area contributed by atoms with Crippen molar-refractivity contribution in [3.8, 4) is 0 Å². The topological polar surface area (TPSA) is 78.7 Å². The summed E-state index contributed by atoms with van der Waals surface area (Å²) in [5.41, 5.74) is 11.8. The highest BCUT2D eigenvalue weighted by atomic mass is 35.5. The Kier molecular flexibility index (Phi) is 7.65. The molecule has 0 fully saturated rings. The van der Waals surface area contributed by atoms with E-state index < -0.39 is 6.04 Å². The molecule has 182 valence electrons. The Bertz CT molecular complexity index is 1240. The van der Waals surface area contributed by atoms with E-state index in [1.54, 1.807) is 23.1 Å². The van der Waals surface area contributed by atoms with Crippen LogP contribution in [-0.2, 0) is 35.5 Å². The Morgan fingerprint density at radius 2 is 1.71 bits per heavy atom. The summed E-state index contributed by atoms with van der Waals surface area (Å²) in [6.45, 7) is 0.939. The molecule has 0 aliphatic carbocycles. The zero-order valence-corrected chi connectivity index (χ0v) is 21.2. The molecule has 0 saturated carbocycles. The van der Waals surface area contributed by atoms with Gasteiger partial charge in [-0.25, -0.2) is 0 Å². The van der Waals surface area contributed by atoms with Crippen LogP contribution in [0.15, 0.2) is 60.7 Å². The van der Waals surface area contributed by atoms with Gasteiger partial charge in [0.2, 0.25) is 11.8 Å². The van der Waals surface area contributed by atoms with Gasteiger partial charge >= 0.3 is 0 Å². The highest BCUT2D eigenvalue weighted by molar-refractivity contribution is 6.35. The van der Waals surface area contributed by atoms with E-state index in [0.717, 1.165) is 27.9 Å². The van der Waals surface area contributed by atoms with Crippen molar-refractivity contribution in [3.05, 3.63) is 93.0 Å². The molecule has 0 radical (unpaired) electrons. The molecule has 3 aromatic carbocycles. The second-order valence-electron chi connectivity index (χ2n) is 9.01. The molecular formula is C27H28Cl2N4O2. The summed E-state index contributed by atoms with van der Waals surface area (Å²) in [7, 11) is 3.96. The lowest BCUT2D eigenvalue weighted by Gasteiger charge is -2.20. The van der Waals surface area contributed by atoms with Crippen molar-refractivity contribution in [1.82, 2.24) is 4.90 Å². The number of nitrogens with two attached hydrogens (primary N) is 1. The van der Waals surface area contributed by atoms with E-state index in [9.17, 15) is 9.59 Å². The molecule has 3 aromatic rings. The van der Waals surface area contributed by atoms with E-state index in [4.69, 9.17) is 28.9 Å². The van der Waals surface area contributed by atoms with Gasteiger partial charge < -0.3 is 20.9 Å². The summed E-state index contributed by atoms with van der Waals surface area (Å²) >= 11 is 12.2. The first-order chi connectivity index (χ1) is 16.7. The third kappa shape index (κ3) is 6.14. The molecule has 4 rings (SSSR count). The van der Waals surface area contributed by atoms with Crippen LogP contribution in [0.3, 0.4) is 0 Å². The second kappa shape index (κ2) is 10.7. The average molecular weight is 511 g/mol. The highest BCUT2D eigenvalue weighted by Crippen LogP contribution is 2.27. The fourth-order valence-corrected chi connectivity index (χ4v) is 4.66. The Labute approximate surface area is 215 Å². The number of nitrogens with one attached hydrogen (secondary N) is 1. The molecule has 1 heterocycles.